The summed E-state index contributed by atoms with van der Waals surface area (Å²) in [6.07, 6.45) is 3.36. The van der Waals surface area contributed by atoms with Gasteiger partial charge in [-0.1, -0.05) is 48.5 Å². The summed E-state index contributed by atoms with van der Waals surface area (Å²) in [5.41, 5.74) is 6.96. The van der Waals surface area contributed by atoms with Gasteiger partial charge in [-0.3, -0.25) is 9.59 Å². The van der Waals surface area contributed by atoms with Crippen LogP contribution in [0.5, 0.6) is 0 Å². The molecule has 0 aliphatic carbocycles. The highest BCUT2D eigenvalue weighted by Gasteiger charge is 2.12. The molecule has 8 heteroatoms. The van der Waals surface area contributed by atoms with Crippen LogP contribution in [0.3, 0.4) is 0 Å². The van der Waals surface area contributed by atoms with E-state index in [0.29, 0.717) is 0 Å². The van der Waals surface area contributed by atoms with Crippen molar-refractivity contribution < 1.29 is 9.59 Å². The molecule has 3 rings (SSSR count). The van der Waals surface area contributed by atoms with Crippen molar-refractivity contribution in [2.45, 2.75) is 0 Å². The van der Waals surface area contributed by atoms with Crippen LogP contribution in [0.1, 0.15) is 11.1 Å². The van der Waals surface area contributed by atoms with Gasteiger partial charge < -0.3 is 9.80 Å². The highest BCUT2D eigenvalue weighted by molar-refractivity contribution is 6.21. The molecule has 0 aromatic heterocycles. The Kier molecular flexibility index (Phi) is 7.64. The standard InChI is InChI=1S/C24H28N6O2/c1-29(2)15-23(31)27-25-13-21-17-9-5-7-11-19(17)22(20-12-8-6-10-18(20)21)14-26-28-24(32)16-30(3)4/h5-14H,15-16H2,1-4H3,(H,27,31)(H,28,32)/b25-13+,26-14+. The number of carbonyl (C=O) groups is 2. The van der Waals surface area contributed by atoms with Crippen LogP contribution in [-0.4, -0.2) is 75.3 Å². The van der Waals surface area contributed by atoms with Crippen molar-refractivity contribution in [2.24, 2.45) is 10.2 Å². The van der Waals surface area contributed by atoms with Crippen LogP contribution in [0, 0.1) is 0 Å². The summed E-state index contributed by atoms with van der Waals surface area (Å²) in [6.45, 7) is 0.515. The molecule has 0 saturated heterocycles. The summed E-state index contributed by atoms with van der Waals surface area (Å²) in [5, 5.41) is 12.3. The molecule has 0 spiro atoms. The minimum atomic E-state index is -0.183. The molecular weight excluding hydrogens is 404 g/mol. The maximum Gasteiger partial charge on any atom is 0.254 e. The van der Waals surface area contributed by atoms with Gasteiger partial charge in [0.2, 0.25) is 0 Å². The van der Waals surface area contributed by atoms with Gasteiger partial charge in [-0.05, 0) is 49.7 Å². The highest BCUT2D eigenvalue weighted by atomic mass is 16.2. The Hall–Kier alpha value is -3.62. The Labute approximate surface area is 187 Å². The molecule has 2 N–H and O–H groups in total. The van der Waals surface area contributed by atoms with E-state index < -0.39 is 0 Å². The summed E-state index contributed by atoms with van der Waals surface area (Å²) in [4.78, 5) is 27.4. The Morgan fingerprint density at radius 3 is 1.28 bits per heavy atom. The van der Waals surface area contributed by atoms with Gasteiger partial charge in [0.05, 0.1) is 25.5 Å². The first-order chi connectivity index (χ1) is 15.4. The van der Waals surface area contributed by atoms with Gasteiger partial charge in [0, 0.05) is 11.1 Å². The Morgan fingerprint density at radius 1 is 0.688 bits per heavy atom. The lowest BCUT2D eigenvalue weighted by Gasteiger charge is -2.12. The van der Waals surface area contributed by atoms with Gasteiger partial charge in [0.15, 0.2) is 0 Å². The van der Waals surface area contributed by atoms with E-state index in [2.05, 4.69) is 21.1 Å². The normalized spacial score (nSPS) is 11.9. The number of likely N-dealkylation sites (N-methyl/N-ethyl adjacent to an activating group) is 2. The Morgan fingerprint density at radius 2 is 1.00 bits per heavy atom. The van der Waals surface area contributed by atoms with E-state index in [1.54, 1.807) is 22.2 Å². The average molecular weight is 433 g/mol. The van der Waals surface area contributed by atoms with Crippen LogP contribution in [0.2, 0.25) is 0 Å². The third-order valence-corrected chi connectivity index (χ3v) is 4.70. The van der Waals surface area contributed by atoms with Crippen LogP contribution in [-0.2, 0) is 9.59 Å². The van der Waals surface area contributed by atoms with E-state index in [1.807, 2.05) is 76.7 Å². The monoisotopic (exact) mass is 432 g/mol. The van der Waals surface area contributed by atoms with E-state index in [9.17, 15) is 9.59 Å². The molecule has 0 bridgehead atoms. The molecule has 166 valence electrons. The van der Waals surface area contributed by atoms with Gasteiger partial charge in [-0.15, -0.1) is 0 Å². The number of hydrogen-bond acceptors (Lipinski definition) is 6. The number of carbonyl (C=O) groups excluding carboxylic acids is 2. The maximum absolute atomic E-state index is 11.9. The summed E-state index contributed by atoms with van der Waals surface area (Å²) in [6, 6.07) is 15.9. The summed E-state index contributed by atoms with van der Waals surface area (Å²) in [5.74, 6) is -0.367. The van der Waals surface area contributed by atoms with Crippen LogP contribution in [0.15, 0.2) is 58.7 Å². The number of amides is 2. The topological polar surface area (TPSA) is 89.4 Å². The van der Waals surface area contributed by atoms with Gasteiger partial charge in [0.25, 0.3) is 11.8 Å². The predicted octanol–water partition coefficient (Wildman–Crippen LogP) is 2.02. The third-order valence-electron chi connectivity index (χ3n) is 4.70. The van der Waals surface area contributed by atoms with Crippen molar-refractivity contribution >= 4 is 45.8 Å². The van der Waals surface area contributed by atoms with E-state index in [1.165, 1.54) is 0 Å². The van der Waals surface area contributed by atoms with Crippen molar-refractivity contribution in [3.63, 3.8) is 0 Å². The molecule has 0 heterocycles. The first-order valence-electron chi connectivity index (χ1n) is 10.2. The van der Waals surface area contributed by atoms with Crippen LogP contribution >= 0.6 is 0 Å². The molecule has 0 saturated carbocycles. The number of hydrazone groups is 2. The van der Waals surface area contributed by atoms with E-state index in [-0.39, 0.29) is 24.9 Å². The second kappa shape index (κ2) is 10.6. The fourth-order valence-corrected chi connectivity index (χ4v) is 3.46. The zero-order valence-corrected chi connectivity index (χ0v) is 18.8. The van der Waals surface area contributed by atoms with Crippen molar-refractivity contribution in [2.75, 3.05) is 41.3 Å². The molecule has 3 aromatic rings. The average Bonchev–Trinajstić information content (AvgIpc) is 2.74. The fourth-order valence-electron chi connectivity index (χ4n) is 3.46. The zero-order chi connectivity index (χ0) is 23.1. The molecule has 0 fully saturated rings. The second-order valence-electron chi connectivity index (χ2n) is 7.98. The molecule has 0 aliphatic heterocycles. The lowest BCUT2D eigenvalue weighted by molar-refractivity contribution is -0.122. The quantitative estimate of drug-likeness (QED) is 0.324. The van der Waals surface area contributed by atoms with Crippen molar-refractivity contribution in [1.82, 2.24) is 20.7 Å². The molecule has 32 heavy (non-hydrogen) atoms. The van der Waals surface area contributed by atoms with E-state index >= 15 is 0 Å². The predicted molar refractivity (Wildman–Crippen MR) is 130 cm³/mol. The maximum atomic E-state index is 11.9. The Balaban J connectivity index is 2.03. The van der Waals surface area contributed by atoms with Crippen molar-refractivity contribution in [3.05, 3.63) is 59.7 Å². The first-order valence-corrected chi connectivity index (χ1v) is 10.2. The summed E-state index contributed by atoms with van der Waals surface area (Å²) in [7, 11) is 7.31. The molecular formula is C24H28N6O2. The third kappa shape index (κ3) is 5.75. The van der Waals surface area contributed by atoms with Gasteiger partial charge in [0.1, 0.15) is 0 Å². The van der Waals surface area contributed by atoms with Crippen LogP contribution in [0.4, 0.5) is 0 Å². The number of rotatable bonds is 8. The highest BCUT2D eigenvalue weighted by Crippen LogP contribution is 2.31. The summed E-state index contributed by atoms with van der Waals surface area (Å²) >= 11 is 0. The second-order valence-corrected chi connectivity index (χ2v) is 7.98. The molecule has 0 aliphatic rings. The van der Waals surface area contributed by atoms with Gasteiger partial charge in [-0.25, -0.2) is 10.9 Å². The number of benzene rings is 3. The van der Waals surface area contributed by atoms with Crippen LogP contribution in [0.25, 0.3) is 21.5 Å². The molecule has 0 atom stereocenters. The van der Waals surface area contributed by atoms with E-state index in [0.717, 1.165) is 32.7 Å². The number of fused-ring (bicyclic) bond motifs is 2. The lowest BCUT2D eigenvalue weighted by atomic mass is 9.92. The SMILES string of the molecule is CN(C)CC(=O)N/N=C/c1c2ccccc2c(/C=N/NC(=O)CN(C)C)c2ccccc12. The fraction of sp³-hybridized carbons (Fsp3) is 0.250. The molecule has 3 aromatic carbocycles. The summed E-state index contributed by atoms with van der Waals surface area (Å²) < 4.78 is 0. The molecule has 2 amide bonds. The first kappa shape index (κ1) is 23.1. The van der Waals surface area contributed by atoms with Crippen molar-refractivity contribution in [3.8, 4) is 0 Å². The minimum Gasteiger partial charge on any atom is -0.301 e. The zero-order valence-electron chi connectivity index (χ0n) is 18.8. The minimum absolute atomic E-state index is 0.183. The van der Waals surface area contributed by atoms with Gasteiger partial charge in [-0.2, -0.15) is 10.2 Å². The lowest BCUT2D eigenvalue weighted by Crippen LogP contribution is -2.30. The van der Waals surface area contributed by atoms with Crippen molar-refractivity contribution in [1.29, 1.82) is 0 Å². The van der Waals surface area contributed by atoms with E-state index in [4.69, 9.17) is 0 Å². The van der Waals surface area contributed by atoms with Gasteiger partial charge >= 0.3 is 0 Å². The molecule has 0 radical (unpaired) electrons. The molecule has 0 unspecified atom stereocenters. The largest absolute Gasteiger partial charge is 0.301 e. The van der Waals surface area contributed by atoms with Crippen LogP contribution < -0.4 is 10.9 Å². The number of nitrogens with zero attached hydrogens (tertiary/aromatic N) is 4. The number of hydrogen-bond donors (Lipinski definition) is 2. The molecule has 8 nitrogen and oxygen atoms in total. The Bertz CT molecular complexity index is 1030. The smallest absolute Gasteiger partial charge is 0.254 e. The number of nitrogens with one attached hydrogen (secondary N) is 2.